The van der Waals surface area contributed by atoms with Crippen molar-refractivity contribution >= 4 is 0 Å². The molecule has 130 valence electrons. The highest BCUT2D eigenvalue weighted by molar-refractivity contribution is 4.90. The Morgan fingerprint density at radius 2 is 1.68 bits per heavy atom. The zero-order chi connectivity index (χ0) is 16.2. The molecule has 0 aromatic carbocycles. The van der Waals surface area contributed by atoms with Crippen LogP contribution in [0, 0.1) is 0 Å². The summed E-state index contributed by atoms with van der Waals surface area (Å²) >= 11 is 0. The summed E-state index contributed by atoms with van der Waals surface area (Å²) in [5, 5.41) is 14.5. The molecule has 0 saturated carbocycles. The van der Waals surface area contributed by atoms with E-state index in [1.165, 1.54) is 25.9 Å². The maximum absolute atomic E-state index is 3.76. The van der Waals surface area contributed by atoms with Crippen LogP contribution in [0.2, 0.25) is 0 Å². The van der Waals surface area contributed by atoms with Crippen molar-refractivity contribution in [3.05, 3.63) is 0 Å². The molecule has 0 aromatic rings. The minimum absolute atomic E-state index is 0.140. The predicted octanol–water partition coefficient (Wildman–Crippen LogP) is 0.726. The van der Waals surface area contributed by atoms with Crippen LogP contribution in [0.3, 0.4) is 0 Å². The lowest BCUT2D eigenvalue weighted by molar-refractivity contribution is 0.133. The summed E-state index contributed by atoms with van der Waals surface area (Å²) < 4.78 is 0. The minimum atomic E-state index is 0.140. The molecule has 0 bridgehead atoms. The Balaban J connectivity index is 1.72. The van der Waals surface area contributed by atoms with Gasteiger partial charge >= 0.3 is 0 Å². The average molecular weight is 312 g/mol. The fourth-order valence-electron chi connectivity index (χ4n) is 3.68. The van der Waals surface area contributed by atoms with Crippen LogP contribution in [0.15, 0.2) is 0 Å². The summed E-state index contributed by atoms with van der Waals surface area (Å²) in [6, 6.07) is 0.677. The number of nitrogens with zero attached hydrogens (tertiary/aromatic N) is 1. The molecule has 0 aliphatic carbocycles. The van der Waals surface area contributed by atoms with Gasteiger partial charge in [-0.3, -0.25) is 10.6 Å². The van der Waals surface area contributed by atoms with Crippen molar-refractivity contribution < 1.29 is 0 Å². The van der Waals surface area contributed by atoms with Gasteiger partial charge in [0.15, 0.2) is 0 Å². The molecule has 2 aliphatic rings. The molecule has 2 aliphatic heterocycles. The molecule has 22 heavy (non-hydrogen) atoms. The van der Waals surface area contributed by atoms with Crippen molar-refractivity contribution in [2.45, 2.75) is 70.7 Å². The van der Waals surface area contributed by atoms with Gasteiger partial charge in [-0.1, -0.05) is 0 Å². The Hall–Kier alpha value is -0.200. The van der Waals surface area contributed by atoms with Gasteiger partial charge < -0.3 is 15.5 Å². The van der Waals surface area contributed by atoms with Crippen molar-refractivity contribution in [1.29, 1.82) is 0 Å². The topological polar surface area (TPSA) is 51.4 Å². The van der Waals surface area contributed by atoms with E-state index in [2.05, 4.69) is 60.8 Å². The lowest BCUT2D eigenvalue weighted by atomic mass is 9.97. The fourth-order valence-corrected chi connectivity index (χ4v) is 3.68. The first kappa shape index (κ1) is 18.1. The van der Waals surface area contributed by atoms with Gasteiger partial charge in [0.2, 0.25) is 0 Å². The van der Waals surface area contributed by atoms with Gasteiger partial charge in [-0.15, -0.1) is 0 Å². The largest absolute Gasteiger partial charge is 0.313 e. The van der Waals surface area contributed by atoms with Crippen molar-refractivity contribution in [2.75, 3.05) is 39.3 Å². The van der Waals surface area contributed by atoms with E-state index in [1.807, 2.05) is 0 Å². The monoisotopic (exact) mass is 311 g/mol. The van der Waals surface area contributed by atoms with E-state index in [4.69, 9.17) is 0 Å². The van der Waals surface area contributed by atoms with Gasteiger partial charge in [-0.05, 0) is 60.5 Å². The molecule has 2 fully saturated rings. The van der Waals surface area contributed by atoms with Gasteiger partial charge in [0, 0.05) is 43.3 Å². The molecule has 1 atom stereocenters. The minimum Gasteiger partial charge on any atom is -0.313 e. The molecule has 5 nitrogen and oxygen atoms in total. The second kappa shape index (κ2) is 7.58. The predicted molar refractivity (Wildman–Crippen MR) is 94.2 cm³/mol. The highest BCUT2D eigenvalue weighted by Gasteiger charge is 2.29. The van der Waals surface area contributed by atoms with E-state index in [9.17, 15) is 0 Å². The summed E-state index contributed by atoms with van der Waals surface area (Å²) in [6.45, 7) is 18.1. The maximum atomic E-state index is 3.76. The number of rotatable bonds is 5. The van der Waals surface area contributed by atoms with Crippen LogP contribution in [-0.2, 0) is 0 Å². The summed E-state index contributed by atoms with van der Waals surface area (Å²) in [7, 11) is 0. The van der Waals surface area contributed by atoms with E-state index in [0.717, 1.165) is 26.2 Å². The lowest BCUT2D eigenvalue weighted by Crippen LogP contribution is -2.63. The molecular formula is C17H37N5. The van der Waals surface area contributed by atoms with Crippen LogP contribution in [0.4, 0.5) is 0 Å². The first-order chi connectivity index (χ1) is 10.2. The van der Waals surface area contributed by atoms with E-state index in [0.29, 0.717) is 12.2 Å². The number of hydrogen-bond acceptors (Lipinski definition) is 5. The van der Waals surface area contributed by atoms with Gasteiger partial charge in [0.05, 0.1) is 6.17 Å². The third-order valence-corrected chi connectivity index (χ3v) is 4.45. The van der Waals surface area contributed by atoms with Gasteiger partial charge in [-0.2, -0.15) is 0 Å². The number of piperidine rings is 1. The molecule has 4 N–H and O–H groups in total. The Labute approximate surface area is 137 Å². The van der Waals surface area contributed by atoms with Gasteiger partial charge in [0.25, 0.3) is 0 Å². The molecular weight excluding hydrogens is 274 g/mol. The first-order valence-electron chi connectivity index (χ1n) is 8.95. The Bertz CT molecular complexity index is 322. The van der Waals surface area contributed by atoms with Gasteiger partial charge in [0.1, 0.15) is 0 Å². The molecule has 0 spiro atoms. The number of hydrogen-bond donors (Lipinski definition) is 4. The number of piperazine rings is 1. The van der Waals surface area contributed by atoms with E-state index in [1.54, 1.807) is 0 Å². The fraction of sp³-hybridized carbons (Fsp3) is 1.00. The van der Waals surface area contributed by atoms with E-state index < -0.39 is 0 Å². The van der Waals surface area contributed by atoms with Crippen LogP contribution in [-0.4, -0.2) is 67.5 Å². The number of nitrogens with one attached hydrogen (secondary N) is 4. The van der Waals surface area contributed by atoms with Crippen molar-refractivity contribution in [2.24, 2.45) is 0 Å². The molecule has 0 radical (unpaired) electrons. The molecule has 2 heterocycles. The molecule has 0 aromatic heterocycles. The average Bonchev–Trinajstić information content (AvgIpc) is 2.39. The second-order valence-corrected chi connectivity index (χ2v) is 8.68. The molecule has 5 heteroatoms. The van der Waals surface area contributed by atoms with Crippen molar-refractivity contribution in [3.63, 3.8) is 0 Å². The Kier molecular flexibility index (Phi) is 6.25. The second-order valence-electron chi connectivity index (χ2n) is 8.68. The van der Waals surface area contributed by atoms with E-state index >= 15 is 0 Å². The standard InChI is InChI=1S/C17H37N5/c1-16(2,3)20-14-6-10-22(11-7-14)13-17(4,5)21-15-12-18-8-9-19-15/h14-15,18-21H,6-13H2,1-5H3. The highest BCUT2D eigenvalue weighted by Crippen LogP contribution is 2.16. The third-order valence-electron chi connectivity index (χ3n) is 4.45. The quantitative estimate of drug-likeness (QED) is 0.603. The lowest BCUT2D eigenvalue weighted by Gasteiger charge is -2.41. The Morgan fingerprint density at radius 3 is 2.23 bits per heavy atom. The van der Waals surface area contributed by atoms with Crippen LogP contribution in [0.25, 0.3) is 0 Å². The zero-order valence-corrected chi connectivity index (χ0v) is 15.3. The van der Waals surface area contributed by atoms with Crippen LogP contribution in [0.1, 0.15) is 47.5 Å². The normalized spacial score (nSPS) is 26.3. The summed E-state index contributed by atoms with van der Waals surface area (Å²) in [4.78, 5) is 2.62. The highest BCUT2D eigenvalue weighted by atomic mass is 15.2. The van der Waals surface area contributed by atoms with Crippen LogP contribution >= 0.6 is 0 Å². The smallest absolute Gasteiger partial charge is 0.0705 e. The summed E-state index contributed by atoms with van der Waals surface area (Å²) in [5.74, 6) is 0. The first-order valence-corrected chi connectivity index (χ1v) is 8.95. The summed E-state index contributed by atoms with van der Waals surface area (Å²) in [6.07, 6.45) is 2.91. The SMILES string of the molecule is CC(C)(C)NC1CCN(CC(C)(C)NC2CNCCN2)CC1. The van der Waals surface area contributed by atoms with Crippen LogP contribution in [0.5, 0.6) is 0 Å². The molecule has 1 unspecified atom stereocenters. The Morgan fingerprint density at radius 1 is 1.00 bits per heavy atom. The van der Waals surface area contributed by atoms with Crippen molar-refractivity contribution in [3.8, 4) is 0 Å². The van der Waals surface area contributed by atoms with Crippen molar-refractivity contribution in [1.82, 2.24) is 26.2 Å². The zero-order valence-electron chi connectivity index (χ0n) is 15.3. The third kappa shape index (κ3) is 6.50. The maximum Gasteiger partial charge on any atom is 0.0705 e. The van der Waals surface area contributed by atoms with E-state index in [-0.39, 0.29) is 11.1 Å². The molecule has 2 saturated heterocycles. The number of likely N-dealkylation sites (tertiary alicyclic amines) is 1. The summed E-state index contributed by atoms with van der Waals surface area (Å²) in [5.41, 5.74) is 0.369. The molecule has 2 rings (SSSR count). The van der Waals surface area contributed by atoms with Crippen LogP contribution < -0.4 is 21.3 Å². The van der Waals surface area contributed by atoms with Gasteiger partial charge in [-0.25, -0.2) is 0 Å². The molecule has 0 amide bonds.